The Morgan fingerprint density at radius 1 is 1.22 bits per heavy atom. The van der Waals surface area contributed by atoms with E-state index in [0.717, 1.165) is 25.1 Å². The highest BCUT2D eigenvalue weighted by molar-refractivity contribution is 5.85. The maximum absolute atomic E-state index is 6.11. The van der Waals surface area contributed by atoms with Crippen molar-refractivity contribution in [1.82, 2.24) is 0 Å². The Hall–Kier alpha value is -0.990. The van der Waals surface area contributed by atoms with Gasteiger partial charge in [0.2, 0.25) is 0 Å². The fourth-order valence-electron chi connectivity index (χ4n) is 2.01. The van der Waals surface area contributed by atoms with E-state index in [9.17, 15) is 0 Å². The number of nitrogens with zero attached hydrogens (tertiary/aromatic N) is 1. The van der Waals surface area contributed by atoms with Crippen molar-refractivity contribution in [3.63, 3.8) is 0 Å². The van der Waals surface area contributed by atoms with Gasteiger partial charge in [0, 0.05) is 24.8 Å². The van der Waals surface area contributed by atoms with Gasteiger partial charge in [-0.3, -0.25) is 0 Å². The summed E-state index contributed by atoms with van der Waals surface area (Å²) in [5.41, 5.74) is 9.69. The van der Waals surface area contributed by atoms with Crippen LogP contribution in [0.25, 0.3) is 0 Å². The average Bonchev–Trinajstić information content (AvgIpc) is 2.30. The third kappa shape index (κ3) is 4.71. The molecule has 0 amide bonds. The Kier molecular flexibility index (Phi) is 7.72. The Bertz CT molecular complexity index is 355. The van der Waals surface area contributed by atoms with E-state index in [2.05, 4.69) is 49.6 Å². The van der Waals surface area contributed by atoms with E-state index < -0.39 is 0 Å². The quantitative estimate of drug-likeness (QED) is 0.793. The Balaban J connectivity index is 0.00000289. The van der Waals surface area contributed by atoms with Gasteiger partial charge in [0.05, 0.1) is 0 Å². The average molecular weight is 269 g/mol. The molecule has 2 N–H and O–H groups in total. The minimum Gasteiger partial charge on any atom is -0.372 e. The Labute approximate surface area is 117 Å². The molecule has 18 heavy (non-hydrogen) atoms. The zero-order valence-electron chi connectivity index (χ0n) is 11.6. The van der Waals surface area contributed by atoms with Gasteiger partial charge in [0.15, 0.2) is 0 Å². The van der Waals surface area contributed by atoms with Crippen molar-refractivity contribution in [3.05, 3.63) is 42.0 Å². The molecule has 0 spiro atoms. The number of hydrogen-bond acceptors (Lipinski definition) is 2. The van der Waals surface area contributed by atoms with E-state index in [4.69, 9.17) is 5.73 Å². The molecule has 0 aliphatic heterocycles. The van der Waals surface area contributed by atoms with E-state index in [1.807, 2.05) is 6.92 Å². The highest BCUT2D eigenvalue weighted by atomic mass is 35.5. The first-order valence-electron chi connectivity index (χ1n) is 6.33. The standard InChI is InChI=1S/C15H24N2.ClH/c1-5-17(6-2)14-9-7-13(8-10-14)15(16)11-12(3)4;/h7-10,15H,3,5-6,11,16H2,1-2,4H3;1H/t15-;/m0./s1. The molecule has 0 radical (unpaired) electrons. The predicted octanol–water partition coefficient (Wildman–Crippen LogP) is 3.92. The monoisotopic (exact) mass is 268 g/mol. The van der Waals surface area contributed by atoms with Gasteiger partial charge in [-0.2, -0.15) is 0 Å². The van der Waals surface area contributed by atoms with Crippen LogP contribution in [0.4, 0.5) is 5.69 Å². The lowest BCUT2D eigenvalue weighted by atomic mass is 10.0. The van der Waals surface area contributed by atoms with E-state index in [-0.39, 0.29) is 18.4 Å². The summed E-state index contributed by atoms with van der Waals surface area (Å²) in [6.45, 7) is 12.3. The number of anilines is 1. The zero-order chi connectivity index (χ0) is 12.8. The zero-order valence-corrected chi connectivity index (χ0v) is 12.5. The van der Waals surface area contributed by atoms with Gasteiger partial charge in [-0.05, 0) is 44.9 Å². The Morgan fingerprint density at radius 3 is 2.11 bits per heavy atom. The molecule has 3 heteroatoms. The van der Waals surface area contributed by atoms with Gasteiger partial charge in [-0.15, -0.1) is 19.0 Å². The van der Waals surface area contributed by atoms with E-state index in [0.29, 0.717) is 0 Å². The summed E-state index contributed by atoms with van der Waals surface area (Å²) < 4.78 is 0. The molecule has 0 unspecified atom stereocenters. The number of benzene rings is 1. The SMILES string of the molecule is C=C(C)C[C@H](N)c1ccc(N(CC)CC)cc1.Cl. The summed E-state index contributed by atoms with van der Waals surface area (Å²) in [5.74, 6) is 0. The van der Waals surface area contributed by atoms with Crippen molar-refractivity contribution in [3.8, 4) is 0 Å². The van der Waals surface area contributed by atoms with Crippen LogP contribution in [-0.4, -0.2) is 13.1 Å². The minimum atomic E-state index is 0. The van der Waals surface area contributed by atoms with Crippen LogP contribution in [0.15, 0.2) is 36.4 Å². The van der Waals surface area contributed by atoms with Crippen LogP contribution in [0.3, 0.4) is 0 Å². The van der Waals surface area contributed by atoms with E-state index >= 15 is 0 Å². The van der Waals surface area contributed by atoms with Crippen LogP contribution >= 0.6 is 12.4 Å². The Morgan fingerprint density at radius 2 is 1.72 bits per heavy atom. The first-order valence-corrected chi connectivity index (χ1v) is 6.33. The molecule has 0 saturated carbocycles. The lowest BCUT2D eigenvalue weighted by molar-refractivity contribution is 0.717. The van der Waals surface area contributed by atoms with Crippen molar-refractivity contribution >= 4 is 18.1 Å². The lowest BCUT2D eigenvalue weighted by Crippen LogP contribution is -2.21. The second kappa shape index (κ2) is 8.17. The van der Waals surface area contributed by atoms with Crippen LogP contribution < -0.4 is 10.6 Å². The largest absolute Gasteiger partial charge is 0.372 e. The molecule has 1 aromatic rings. The van der Waals surface area contributed by atoms with Crippen LogP contribution in [-0.2, 0) is 0 Å². The molecule has 0 aliphatic rings. The molecule has 0 aromatic heterocycles. The summed E-state index contributed by atoms with van der Waals surface area (Å²) in [6, 6.07) is 8.63. The second-order valence-corrected chi connectivity index (χ2v) is 4.53. The molecular weight excluding hydrogens is 244 g/mol. The van der Waals surface area contributed by atoms with Gasteiger partial charge >= 0.3 is 0 Å². The third-order valence-corrected chi connectivity index (χ3v) is 3.02. The summed E-state index contributed by atoms with van der Waals surface area (Å²) in [6.07, 6.45) is 0.852. The number of hydrogen-bond donors (Lipinski definition) is 1. The van der Waals surface area contributed by atoms with Crippen LogP contribution in [0.2, 0.25) is 0 Å². The van der Waals surface area contributed by atoms with Gasteiger partial charge in [-0.25, -0.2) is 0 Å². The van der Waals surface area contributed by atoms with Crippen molar-refractivity contribution in [2.75, 3.05) is 18.0 Å². The molecule has 1 aromatic carbocycles. The van der Waals surface area contributed by atoms with Crippen LogP contribution in [0, 0.1) is 0 Å². The molecule has 1 atom stereocenters. The first kappa shape index (κ1) is 17.0. The normalized spacial score (nSPS) is 11.6. The number of nitrogens with two attached hydrogens (primary N) is 1. The van der Waals surface area contributed by atoms with Gasteiger partial charge < -0.3 is 10.6 Å². The second-order valence-electron chi connectivity index (χ2n) is 4.53. The van der Waals surface area contributed by atoms with Crippen LogP contribution in [0.5, 0.6) is 0 Å². The summed E-state index contributed by atoms with van der Waals surface area (Å²) >= 11 is 0. The van der Waals surface area contributed by atoms with E-state index in [1.165, 1.54) is 11.3 Å². The number of rotatable bonds is 6. The highest BCUT2D eigenvalue weighted by Crippen LogP contribution is 2.21. The molecule has 0 fully saturated rings. The molecule has 0 bridgehead atoms. The molecular formula is C15H25ClN2. The van der Waals surface area contributed by atoms with Crippen molar-refractivity contribution in [2.24, 2.45) is 5.73 Å². The first-order chi connectivity index (χ1) is 8.08. The van der Waals surface area contributed by atoms with Gasteiger partial charge in [0.25, 0.3) is 0 Å². The topological polar surface area (TPSA) is 29.3 Å². The summed E-state index contributed by atoms with van der Waals surface area (Å²) in [7, 11) is 0. The lowest BCUT2D eigenvalue weighted by Gasteiger charge is -2.21. The van der Waals surface area contributed by atoms with Gasteiger partial charge in [-0.1, -0.05) is 17.7 Å². The maximum atomic E-state index is 6.11. The van der Waals surface area contributed by atoms with E-state index in [1.54, 1.807) is 0 Å². The molecule has 2 nitrogen and oxygen atoms in total. The van der Waals surface area contributed by atoms with Crippen LogP contribution in [0.1, 0.15) is 38.8 Å². The molecule has 102 valence electrons. The predicted molar refractivity (Wildman–Crippen MR) is 83.6 cm³/mol. The molecule has 1 rings (SSSR count). The fourth-order valence-corrected chi connectivity index (χ4v) is 2.01. The fraction of sp³-hybridized carbons (Fsp3) is 0.467. The summed E-state index contributed by atoms with van der Waals surface area (Å²) in [5, 5.41) is 0. The highest BCUT2D eigenvalue weighted by Gasteiger charge is 2.07. The number of halogens is 1. The molecule has 0 saturated heterocycles. The van der Waals surface area contributed by atoms with Gasteiger partial charge in [0.1, 0.15) is 0 Å². The minimum absolute atomic E-state index is 0. The third-order valence-electron chi connectivity index (χ3n) is 3.02. The van der Waals surface area contributed by atoms with Crippen molar-refractivity contribution in [2.45, 2.75) is 33.2 Å². The van der Waals surface area contributed by atoms with Crippen molar-refractivity contribution < 1.29 is 0 Å². The summed E-state index contributed by atoms with van der Waals surface area (Å²) in [4.78, 5) is 2.33. The maximum Gasteiger partial charge on any atom is 0.0366 e. The molecule has 0 heterocycles. The smallest absolute Gasteiger partial charge is 0.0366 e. The van der Waals surface area contributed by atoms with Crippen molar-refractivity contribution in [1.29, 1.82) is 0 Å². The molecule has 0 aliphatic carbocycles.